The Morgan fingerprint density at radius 2 is 1.79 bits per heavy atom. The number of halogens is 3. The van der Waals surface area contributed by atoms with Crippen molar-refractivity contribution in [2.24, 2.45) is 0 Å². The van der Waals surface area contributed by atoms with Gasteiger partial charge in [-0.25, -0.2) is 8.42 Å². The SMILES string of the molecule is Cc1ccc(S(=O)(=O)C[C@H](O)CC(F)(F)F)cc1C. The van der Waals surface area contributed by atoms with Gasteiger partial charge in [-0.3, -0.25) is 0 Å². The Bertz CT molecular complexity index is 550. The lowest BCUT2D eigenvalue weighted by Crippen LogP contribution is -2.27. The highest BCUT2D eigenvalue weighted by molar-refractivity contribution is 7.91. The van der Waals surface area contributed by atoms with E-state index in [1.165, 1.54) is 12.1 Å². The van der Waals surface area contributed by atoms with Crippen LogP contribution in [0.1, 0.15) is 17.5 Å². The van der Waals surface area contributed by atoms with Crippen LogP contribution in [-0.4, -0.2) is 31.6 Å². The first-order valence-electron chi connectivity index (χ1n) is 5.56. The molecule has 0 aliphatic heterocycles. The number of aliphatic hydroxyl groups is 1. The fourth-order valence-corrected chi connectivity index (χ4v) is 3.03. The molecule has 108 valence electrons. The van der Waals surface area contributed by atoms with Crippen LogP contribution in [0.15, 0.2) is 23.1 Å². The van der Waals surface area contributed by atoms with Gasteiger partial charge in [0.2, 0.25) is 0 Å². The Morgan fingerprint density at radius 3 is 2.26 bits per heavy atom. The molecule has 0 unspecified atom stereocenters. The number of hydrogen-bond acceptors (Lipinski definition) is 3. The average molecular weight is 296 g/mol. The van der Waals surface area contributed by atoms with E-state index < -0.39 is 34.3 Å². The molecule has 0 saturated carbocycles. The van der Waals surface area contributed by atoms with Gasteiger partial charge in [0.15, 0.2) is 9.84 Å². The van der Waals surface area contributed by atoms with Crippen molar-refractivity contribution < 1.29 is 26.7 Å². The molecule has 0 fully saturated rings. The Morgan fingerprint density at radius 1 is 1.21 bits per heavy atom. The summed E-state index contributed by atoms with van der Waals surface area (Å²) in [7, 11) is -3.92. The lowest BCUT2D eigenvalue weighted by molar-refractivity contribution is -0.150. The molecule has 1 rings (SSSR count). The molecule has 3 nitrogen and oxygen atoms in total. The van der Waals surface area contributed by atoms with Crippen molar-refractivity contribution in [3.8, 4) is 0 Å². The van der Waals surface area contributed by atoms with Crippen LogP contribution < -0.4 is 0 Å². The Labute approximate surface area is 110 Å². The molecule has 19 heavy (non-hydrogen) atoms. The van der Waals surface area contributed by atoms with Crippen LogP contribution >= 0.6 is 0 Å². The van der Waals surface area contributed by atoms with Crippen molar-refractivity contribution in [2.45, 2.75) is 37.4 Å². The Kier molecular flexibility index (Phi) is 4.63. The van der Waals surface area contributed by atoms with E-state index in [2.05, 4.69) is 0 Å². The first-order chi connectivity index (χ1) is 8.51. The third kappa shape index (κ3) is 4.83. The van der Waals surface area contributed by atoms with Crippen molar-refractivity contribution in [2.75, 3.05) is 5.75 Å². The molecule has 0 amide bonds. The van der Waals surface area contributed by atoms with Crippen LogP contribution in [0.25, 0.3) is 0 Å². The quantitative estimate of drug-likeness (QED) is 0.928. The maximum Gasteiger partial charge on any atom is 0.391 e. The highest BCUT2D eigenvalue weighted by Gasteiger charge is 2.33. The van der Waals surface area contributed by atoms with E-state index in [1.54, 1.807) is 19.9 Å². The third-order valence-corrected chi connectivity index (χ3v) is 4.51. The van der Waals surface area contributed by atoms with Crippen molar-refractivity contribution in [1.29, 1.82) is 0 Å². The normalized spacial score (nSPS) is 14.4. The highest BCUT2D eigenvalue weighted by Crippen LogP contribution is 2.24. The minimum atomic E-state index is -4.59. The molecular weight excluding hydrogens is 281 g/mol. The Hall–Kier alpha value is -1.08. The standard InChI is InChI=1S/C12H15F3O3S/c1-8-3-4-11(5-9(8)2)19(17,18)7-10(16)6-12(13,14)15/h3-5,10,16H,6-7H2,1-2H3/t10-/m1/s1. The van der Waals surface area contributed by atoms with Crippen LogP contribution in [0.4, 0.5) is 13.2 Å². The monoisotopic (exact) mass is 296 g/mol. The van der Waals surface area contributed by atoms with Gasteiger partial charge in [0.25, 0.3) is 0 Å². The maximum atomic E-state index is 12.0. The van der Waals surface area contributed by atoms with Crippen molar-refractivity contribution in [1.82, 2.24) is 0 Å². The van der Waals surface area contributed by atoms with E-state index >= 15 is 0 Å². The van der Waals surface area contributed by atoms with E-state index in [1.807, 2.05) is 0 Å². The topological polar surface area (TPSA) is 54.4 Å². The lowest BCUT2D eigenvalue weighted by Gasteiger charge is -2.14. The van der Waals surface area contributed by atoms with Crippen LogP contribution in [0.5, 0.6) is 0 Å². The van der Waals surface area contributed by atoms with Gasteiger partial charge in [-0.2, -0.15) is 13.2 Å². The van der Waals surface area contributed by atoms with Crippen molar-refractivity contribution in [3.63, 3.8) is 0 Å². The first kappa shape index (κ1) is 16.0. The second-order valence-electron chi connectivity index (χ2n) is 4.50. The number of benzene rings is 1. The minimum absolute atomic E-state index is 0.0724. The molecule has 7 heteroatoms. The number of hydrogen-bond donors (Lipinski definition) is 1. The average Bonchev–Trinajstić information content (AvgIpc) is 2.17. The Balaban J connectivity index is 2.89. The van der Waals surface area contributed by atoms with Crippen LogP contribution in [0.2, 0.25) is 0 Å². The zero-order chi connectivity index (χ0) is 14.8. The minimum Gasteiger partial charge on any atom is -0.392 e. The van der Waals surface area contributed by atoms with Gasteiger partial charge in [-0.05, 0) is 37.1 Å². The first-order valence-corrected chi connectivity index (χ1v) is 7.21. The van der Waals surface area contributed by atoms with Gasteiger partial charge in [-0.1, -0.05) is 6.07 Å². The van der Waals surface area contributed by atoms with Gasteiger partial charge >= 0.3 is 6.18 Å². The van der Waals surface area contributed by atoms with Gasteiger partial charge in [-0.15, -0.1) is 0 Å². The summed E-state index contributed by atoms with van der Waals surface area (Å²) >= 11 is 0. The van der Waals surface area contributed by atoms with E-state index in [0.29, 0.717) is 0 Å². The van der Waals surface area contributed by atoms with Gasteiger partial charge < -0.3 is 5.11 Å². The zero-order valence-corrected chi connectivity index (χ0v) is 11.3. The maximum absolute atomic E-state index is 12.0. The van der Waals surface area contributed by atoms with Crippen molar-refractivity contribution in [3.05, 3.63) is 29.3 Å². The van der Waals surface area contributed by atoms with Crippen LogP contribution in [0.3, 0.4) is 0 Å². The fraction of sp³-hybridized carbons (Fsp3) is 0.500. The summed E-state index contributed by atoms with van der Waals surface area (Å²) in [5.74, 6) is -0.936. The summed E-state index contributed by atoms with van der Waals surface area (Å²) < 4.78 is 59.9. The summed E-state index contributed by atoms with van der Waals surface area (Å²) in [6.07, 6.45) is -8.07. The molecule has 0 aliphatic carbocycles. The molecule has 0 aliphatic rings. The molecule has 0 aromatic heterocycles. The third-order valence-electron chi connectivity index (χ3n) is 2.72. The summed E-state index contributed by atoms with van der Waals surface area (Å²) in [6.45, 7) is 3.50. The van der Waals surface area contributed by atoms with Gasteiger partial charge in [0.1, 0.15) is 0 Å². The highest BCUT2D eigenvalue weighted by atomic mass is 32.2. The predicted octanol–water partition coefficient (Wildman–Crippen LogP) is 2.39. The number of aliphatic hydroxyl groups excluding tert-OH is 1. The second kappa shape index (κ2) is 5.50. The number of rotatable bonds is 4. The molecule has 0 heterocycles. The molecule has 1 aromatic rings. The smallest absolute Gasteiger partial charge is 0.391 e. The van der Waals surface area contributed by atoms with Crippen LogP contribution in [-0.2, 0) is 9.84 Å². The lowest BCUT2D eigenvalue weighted by atomic mass is 10.1. The number of sulfone groups is 1. The summed E-state index contributed by atoms with van der Waals surface area (Å²) in [4.78, 5) is -0.0724. The fourth-order valence-electron chi connectivity index (χ4n) is 1.58. The predicted molar refractivity (Wildman–Crippen MR) is 64.6 cm³/mol. The van der Waals surface area contributed by atoms with E-state index in [0.717, 1.165) is 11.1 Å². The molecule has 0 spiro atoms. The molecule has 1 atom stereocenters. The van der Waals surface area contributed by atoms with Crippen molar-refractivity contribution >= 4 is 9.84 Å². The van der Waals surface area contributed by atoms with E-state index in [4.69, 9.17) is 0 Å². The van der Waals surface area contributed by atoms with E-state index in [9.17, 15) is 26.7 Å². The van der Waals surface area contributed by atoms with Gasteiger partial charge in [0, 0.05) is 0 Å². The molecular formula is C12H15F3O3S. The number of alkyl halides is 3. The molecule has 0 bridgehead atoms. The van der Waals surface area contributed by atoms with E-state index in [-0.39, 0.29) is 4.90 Å². The largest absolute Gasteiger partial charge is 0.392 e. The molecule has 0 saturated heterocycles. The zero-order valence-electron chi connectivity index (χ0n) is 10.5. The molecule has 1 N–H and O–H groups in total. The summed E-state index contributed by atoms with van der Waals surface area (Å²) in [5, 5.41) is 9.21. The molecule has 0 radical (unpaired) electrons. The number of aryl methyl sites for hydroxylation is 2. The summed E-state index contributed by atoms with van der Waals surface area (Å²) in [5.41, 5.74) is 1.61. The second-order valence-corrected chi connectivity index (χ2v) is 6.53. The van der Waals surface area contributed by atoms with Crippen LogP contribution in [0, 0.1) is 13.8 Å². The van der Waals surface area contributed by atoms with Gasteiger partial charge in [0.05, 0.1) is 23.2 Å². The summed E-state index contributed by atoms with van der Waals surface area (Å²) in [6, 6.07) is 4.31. The molecule has 1 aromatic carbocycles.